The van der Waals surface area contributed by atoms with E-state index in [0.29, 0.717) is 17.2 Å². The lowest BCUT2D eigenvalue weighted by atomic mass is 9.70. The van der Waals surface area contributed by atoms with Gasteiger partial charge in [0.25, 0.3) is 0 Å². The predicted molar refractivity (Wildman–Crippen MR) is 139 cm³/mol. The number of methoxy groups -OCH3 is 2. The van der Waals surface area contributed by atoms with Gasteiger partial charge in [0.15, 0.2) is 11.5 Å². The van der Waals surface area contributed by atoms with Crippen LogP contribution in [0.1, 0.15) is 38.9 Å². The van der Waals surface area contributed by atoms with Crippen LogP contribution in [-0.2, 0) is 5.41 Å². The fourth-order valence-electron chi connectivity index (χ4n) is 6.04. The Labute approximate surface area is 206 Å². The topological polar surface area (TPSA) is 47.9 Å². The average Bonchev–Trinajstić information content (AvgIpc) is 3.28. The Bertz CT molecular complexity index is 1520. The van der Waals surface area contributed by atoms with Gasteiger partial charge in [-0.15, -0.1) is 0 Å². The van der Waals surface area contributed by atoms with E-state index in [0.717, 1.165) is 29.9 Å². The van der Waals surface area contributed by atoms with Gasteiger partial charge in [-0.2, -0.15) is 0 Å². The van der Waals surface area contributed by atoms with Crippen LogP contribution in [0, 0.1) is 20.8 Å². The van der Waals surface area contributed by atoms with Gasteiger partial charge in [0.05, 0.1) is 19.6 Å². The summed E-state index contributed by atoms with van der Waals surface area (Å²) in [5, 5.41) is 9.37. The maximum absolute atomic E-state index is 9.37. The summed E-state index contributed by atoms with van der Waals surface area (Å²) in [5.74, 6) is 1.98. The minimum absolute atomic E-state index is 0.547. The molecule has 1 atom stereocenters. The molecule has 2 aliphatic carbocycles. The van der Waals surface area contributed by atoms with E-state index in [-0.39, 0.29) is 0 Å². The van der Waals surface area contributed by atoms with Crippen LogP contribution in [0.4, 0.5) is 0 Å². The molecule has 5 heteroatoms. The van der Waals surface area contributed by atoms with Gasteiger partial charge in [0.2, 0.25) is 0 Å². The Kier molecular flexibility index (Phi) is 4.77. The first-order valence-corrected chi connectivity index (χ1v) is 11.7. The maximum atomic E-state index is 9.37. The quantitative estimate of drug-likeness (QED) is 0.333. The molecule has 4 aromatic rings. The van der Waals surface area contributed by atoms with Crippen molar-refractivity contribution >= 4 is 7.69 Å². The Morgan fingerprint density at radius 1 is 0.629 bits per heavy atom. The minimum atomic E-state index is -0.547. The molecule has 1 radical (unpaired) electrons. The van der Waals surface area contributed by atoms with Crippen LogP contribution >= 0.6 is 0 Å². The molecule has 173 valence electrons. The number of benzene rings is 4. The van der Waals surface area contributed by atoms with Gasteiger partial charge in [0, 0.05) is 0 Å². The van der Waals surface area contributed by atoms with E-state index in [1.54, 1.807) is 14.2 Å². The molecule has 0 saturated heterocycles. The molecule has 0 heterocycles. The van der Waals surface area contributed by atoms with E-state index in [1.807, 2.05) is 6.07 Å². The highest BCUT2D eigenvalue weighted by molar-refractivity contribution is 6.17. The molecule has 0 saturated carbocycles. The second-order valence-electron chi connectivity index (χ2n) is 9.46. The van der Waals surface area contributed by atoms with E-state index in [1.165, 1.54) is 38.9 Å². The summed E-state index contributed by atoms with van der Waals surface area (Å²) >= 11 is 0. The van der Waals surface area contributed by atoms with E-state index >= 15 is 0 Å². The SMILES string of the molecule is COc1cc2c(cc1OC)C1(c3cc(C)ccc3-c3cc(C)c(C)cc31)c1cc(O[B]O)ccc1-2. The Morgan fingerprint density at radius 2 is 1.20 bits per heavy atom. The van der Waals surface area contributed by atoms with Crippen LogP contribution in [0.15, 0.2) is 60.7 Å². The zero-order valence-corrected chi connectivity index (χ0v) is 20.5. The van der Waals surface area contributed by atoms with Crippen LogP contribution in [0.25, 0.3) is 22.3 Å². The highest BCUT2D eigenvalue weighted by Crippen LogP contribution is 2.64. The molecule has 0 bridgehead atoms. The summed E-state index contributed by atoms with van der Waals surface area (Å²) in [4.78, 5) is 0. The number of hydrogen-bond donors (Lipinski definition) is 1. The predicted octanol–water partition coefficient (Wildman–Crippen LogP) is 5.88. The fraction of sp³-hybridized carbons (Fsp3) is 0.200. The normalized spacial score (nSPS) is 16.4. The summed E-state index contributed by atoms with van der Waals surface area (Å²) in [6, 6.07) is 21.6. The third-order valence-electron chi connectivity index (χ3n) is 7.71. The summed E-state index contributed by atoms with van der Waals surface area (Å²) in [6.45, 7) is 6.48. The van der Waals surface area contributed by atoms with E-state index in [2.05, 4.69) is 75.4 Å². The molecule has 1 N–H and O–H groups in total. The standard InChI is InChI=1S/C30H26BO4/c1-16-6-8-20-22-11-17(2)18(3)12-25(22)30(24(20)10-16)26-13-19(35-31-32)7-9-21(26)23-14-28(33-4)29(34-5)15-27(23)30/h6-15,32H,1-5H3. The smallest absolute Gasteiger partial charge is 0.537 e. The van der Waals surface area contributed by atoms with Crippen molar-refractivity contribution in [1.29, 1.82) is 0 Å². The highest BCUT2D eigenvalue weighted by atomic mass is 16.5. The molecule has 35 heavy (non-hydrogen) atoms. The van der Waals surface area contributed by atoms with Crippen molar-refractivity contribution in [3.05, 3.63) is 99.6 Å². The van der Waals surface area contributed by atoms with Gasteiger partial charge in [0.1, 0.15) is 5.75 Å². The van der Waals surface area contributed by atoms with E-state index in [9.17, 15) is 5.02 Å². The number of rotatable bonds is 4. The molecule has 4 aromatic carbocycles. The zero-order chi connectivity index (χ0) is 24.5. The monoisotopic (exact) mass is 461 g/mol. The third-order valence-corrected chi connectivity index (χ3v) is 7.71. The lowest BCUT2D eigenvalue weighted by Gasteiger charge is -2.31. The van der Waals surface area contributed by atoms with Crippen molar-refractivity contribution in [1.82, 2.24) is 0 Å². The van der Waals surface area contributed by atoms with Gasteiger partial charge in [-0.25, -0.2) is 0 Å². The second-order valence-corrected chi connectivity index (χ2v) is 9.46. The van der Waals surface area contributed by atoms with E-state index < -0.39 is 5.41 Å². The molecular formula is C30H26BO4. The molecule has 1 unspecified atom stereocenters. The molecular weight excluding hydrogens is 435 g/mol. The largest absolute Gasteiger partial charge is 0.569 e. The Morgan fingerprint density at radius 3 is 1.91 bits per heavy atom. The van der Waals surface area contributed by atoms with Crippen molar-refractivity contribution in [2.45, 2.75) is 26.2 Å². The average molecular weight is 461 g/mol. The van der Waals surface area contributed by atoms with Gasteiger partial charge >= 0.3 is 7.69 Å². The van der Waals surface area contributed by atoms with Crippen molar-refractivity contribution < 1.29 is 19.2 Å². The van der Waals surface area contributed by atoms with Gasteiger partial charge < -0.3 is 19.2 Å². The van der Waals surface area contributed by atoms with Crippen molar-refractivity contribution in [2.75, 3.05) is 14.2 Å². The van der Waals surface area contributed by atoms with Gasteiger partial charge in [-0.3, -0.25) is 0 Å². The minimum Gasteiger partial charge on any atom is -0.537 e. The number of aryl methyl sites for hydroxylation is 3. The number of fused-ring (bicyclic) bond motifs is 10. The zero-order valence-electron chi connectivity index (χ0n) is 20.5. The van der Waals surface area contributed by atoms with Crippen LogP contribution in [0.3, 0.4) is 0 Å². The first kappa shape index (κ1) is 21.8. The van der Waals surface area contributed by atoms with Crippen LogP contribution in [-0.4, -0.2) is 26.9 Å². The maximum Gasteiger partial charge on any atom is 0.569 e. The lowest BCUT2D eigenvalue weighted by Crippen LogP contribution is -2.26. The van der Waals surface area contributed by atoms with Crippen molar-refractivity contribution in [3.63, 3.8) is 0 Å². The van der Waals surface area contributed by atoms with E-state index in [4.69, 9.17) is 14.1 Å². The van der Waals surface area contributed by atoms with Crippen LogP contribution < -0.4 is 14.1 Å². The summed E-state index contributed by atoms with van der Waals surface area (Å²) < 4.78 is 16.9. The highest BCUT2D eigenvalue weighted by Gasteiger charge is 2.52. The Balaban J connectivity index is 1.82. The molecule has 0 amide bonds. The summed E-state index contributed by atoms with van der Waals surface area (Å²) in [5.41, 5.74) is 12.7. The molecule has 1 spiro atoms. The van der Waals surface area contributed by atoms with Gasteiger partial charge in [-0.1, -0.05) is 42.0 Å². The second kappa shape index (κ2) is 7.66. The van der Waals surface area contributed by atoms with Gasteiger partial charge in [-0.05, 0) is 101 Å². The molecule has 2 aliphatic rings. The molecule has 0 fully saturated rings. The fourth-order valence-corrected chi connectivity index (χ4v) is 6.04. The number of hydrogen-bond acceptors (Lipinski definition) is 4. The molecule has 0 aromatic heterocycles. The first-order chi connectivity index (χ1) is 16.9. The molecule has 0 aliphatic heterocycles. The lowest BCUT2D eigenvalue weighted by molar-refractivity contribution is 0.354. The first-order valence-electron chi connectivity index (χ1n) is 11.7. The Hall–Kier alpha value is -3.70. The van der Waals surface area contributed by atoms with Crippen molar-refractivity contribution in [2.24, 2.45) is 0 Å². The third kappa shape index (κ3) is 2.79. The summed E-state index contributed by atoms with van der Waals surface area (Å²) in [6.07, 6.45) is 0. The molecule has 4 nitrogen and oxygen atoms in total. The van der Waals surface area contributed by atoms with Crippen LogP contribution in [0.2, 0.25) is 0 Å². The number of ether oxygens (including phenoxy) is 2. The summed E-state index contributed by atoms with van der Waals surface area (Å²) in [7, 11) is 4.08. The molecule has 6 rings (SSSR count). The van der Waals surface area contributed by atoms with Crippen molar-refractivity contribution in [3.8, 4) is 39.5 Å². The van der Waals surface area contributed by atoms with Crippen LogP contribution in [0.5, 0.6) is 17.2 Å².